The summed E-state index contributed by atoms with van der Waals surface area (Å²) in [7, 11) is 0. The highest BCUT2D eigenvalue weighted by molar-refractivity contribution is 9.10. The SMILES string of the molecule is O=C(COc1c(C=Nn2c(C3CCCCC3)nc3ccccc3c2=O)cc(Br)cc1[N+](=O)[O-])Nc1cccc(F)c1. The van der Waals surface area contributed by atoms with Crippen LogP contribution in [0.3, 0.4) is 0 Å². The summed E-state index contributed by atoms with van der Waals surface area (Å²) in [6, 6.07) is 15.1. The number of fused-ring (bicyclic) bond motifs is 1. The van der Waals surface area contributed by atoms with Crippen molar-refractivity contribution in [2.45, 2.75) is 38.0 Å². The van der Waals surface area contributed by atoms with Crippen LogP contribution in [0.5, 0.6) is 5.75 Å². The maximum Gasteiger partial charge on any atom is 0.312 e. The number of nitro benzene ring substituents is 1. The molecule has 41 heavy (non-hydrogen) atoms. The third-order valence-electron chi connectivity index (χ3n) is 6.78. The maximum absolute atomic E-state index is 13.5. The molecule has 1 aliphatic carbocycles. The Hall–Kier alpha value is -4.45. The predicted molar refractivity (Wildman–Crippen MR) is 156 cm³/mol. The molecule has 1 amide bonds. The second-order valence-electron chi connectivity index (χ2n) is 9.63. The van der Waals surface area contributed by atoms with Gasteiger partial charge in [0.1, 0.15) is 11.6 Å². The van der Waals surface area contributed by atoms with E-state index in [1.54, 1.807) is 18.2 Å². The van der Waals surface area contributed by atoms with Crippen LogP contribution in [0, 0.1) is 15.9 Å². The Bertz CT molecular complexity index is 1720. The van der Waals surface area contributed by atoms with E-state index >= 15 is 0 Å². The van der Waals surface area contributed by atoms with Crippen LogP contribution in [0.25, 0.3) is 10.9 Å². The molecular weight excluding hydrogens is 597 g/mol. The molecule has 0 atom stereocenters. The van der Waals surface area contributed by atoms with Gasteiger partial charge in [-0.15, -0.1) is 0 Å². The van der Waals surface area contributed by atoms with Crippen molar-refractivity contribution < 1.29 is 18.8 Å². The predicted octanol–water partition coefficient (Wildman–Crippen LogP) is 6.15. The molecule has 1 N–H and O–H groups in total. The fraction of sp³-hybridized carbons (Fsp3) is 0.241. The summed E-state index contributed by atoms with van der Waals surface area (Å²) in [6.45, 7) is -0.593. The first-order valence-electron chi connectivity index (χ1n) is 13.0. The van der Waals surface area contributed by atoms with Crippen LogP contribution in [0.1, 0.15) is 49.4 Å². The average molecular weight is 622 g/mol. The molecule has 1 heterocycles. The number of rotatable bonds is 8. The third-order valence-corrected chi connectivity index (χ3v) is 7.23. The number of carbonyl (C=O) groups excluding carboxylic acids is 1. The zero-order chi connectivity index (χ0) is 28.9. The summed E-state index contributed by atoms with van der Waals surface area (Å²) in [5.41, 5.74) is 0.198. The first-order valence-corrected chi connectivity index (χ1v) is 13.8. The Labute approximate surface area is 242 Å². The van der Waals surface area contributed by atoms with E-state index in [1.807, 2.05) is 6.07 Å². The van der Waals surface area contributed by atoms with Crippen LogP contribution in [-0.4, -0.2) is 33.3 Å². The van der Waals surface area contributed by atoms with Crippen molar-refractivity contribution in [1.29, 1.82) is 0 Å². The van der Waals surface area contributed by atoms with Crippen LogP contribution in [-0.2, 0) is 4.79 Å². The van der Waals surface area contributed by atoms with Gasteiger partial charge in [-0.25, -0.2) is 9.37 Å². The largest absolute Gasteiger partial charge is 0.476 e. The number of hydrogen-bond acceptors (Lipinski definition) is 7. The van der Waals surface area contributed by atoms with Crippen LogP contribution in [0.4, 0.5) is 15.8 Å². The van der Waals surface area contributed by atoms with Crippen molar-refractivity contribution >= 4 is 50.3 Å². The molecule has 1 aliphatic rings. The second kappa shape index (κ2) is 12.4. The Morgan fingerprint density at radius 3 is 2.71 bits per heavy atom. The van der Waals surface area contributed by atoms with Gasteiger partial charge in [-0.2, -0.15) is 9.78 Å². The summed E-state index contributed by atoms with van der Waals surface area (Å²) < 4.78 is 20.7. The first kappa shape index (κ1) is 28.1. The highest BCUT2D eigenvalue weighted by atomic mass is 79.9. The lowest BCUT2D eigenvalue weighted by atomic mass is 9.88. The minimum absolute atomic E-state index is 0.0392. The molecule has 0 bridgehead atoms. The Kier molecular flexibility index (Phi) is 8.48. The summed E-state index contributed by atoms with van der Waals surface area (Å²) in [5.74, 6) is -0.817. The maximum atomic E-state index is 13.5. The molecular formula is C29H25BrFN5O5. The highest BCUT2D eigenvalue weighted by Gasteiger charge is 2.24. The minimum Gasteiger partial charge on any atom is -0.476 e. The summed E-state index contributed by atoms with van der Waals surface area (Å²) in [4.78, 5) is 42.1. The van der Waals surface area contributed by atoms with E-state index in [-0.39, 0.29) is 28.5 Å². The lowest BCUT2D eigenvalue weighted by Crippen LogP contribution is -2.25. The van der Waals surface area contributed by atoms with Gasteiger partial charge in [0.15, 0.2) is 6.61 Å². The number of anilines is 1. The number of halogens is 2. The van der Waals surface area contributed by atoms with Crippen molar-refractivity contribution in [1.82, 2.24) is 9.66 Å². The van der Waals surface area contributed by atoms with Crippen molar-refractivity contribution in [2.75, 3.05) is 11.9 Å². The summed E-state index contributed by atoms with van der Waals surface area (Å²) >= 11 is 3.28. The zero-order valence-electron chi connectivity index (χ0n) is 21.8. The minimum atomic E-state index is -0.648. The average Bonchev–Trinajstić information content (AvgIpc) is 2.96. The van der Waals surface area contributed by atoms with E-state index in [2.05, 4.69) is 26.3 Å². The molecule has 4 aromatic rings. The molecule has 5 rings (SSSR count). The standard InChI is InChI=1S/C29H25BrFN5O5/c30-20-13-19(27(25(14-20)36(39)40)41-17-26(37)33-22-10-6-9-21(31)15-22)16-32-35-28(18-7-2-1-3-8-18)34-24-12-5-4-11-23(24)29(35)38/h4-6,9-16,18H,1-3,7-8,17H2,(H,33,37). The lowest BCUT2D eigenvalue weighted by Gasteiger charge is -2.22. The Morgan fingerprint density at radius 1 is 1.17 bits per heavy atom. The number of carbonyl (C=O) groups is 1. The smallest absolute Gasteiger partial charge is 0.312 e. The van der Waals surface area contributed by atoms with Crippen molar-refractivity contribution in [3.05, 3.63) is 103 Å². The number of para-hydroxylation sites is 1. The van der Waals surface area contributed by atoms with Gasteiger partial charge in [-0.1, -0.05) is 53.4 Å². The van der Waals surface area contributed by atoms with Crippen molar-refractivity contribution in [2.24, 2.45) is 5.10 Å². The monoisotopic (exact) mass is 621 g/mol. The topological polar surface area (TPSA) is 129 Å². The zero-order valence-corrected chi connectivity index (χ0v) is 23.3. The molecule has 1 fully saturated rings. The van der Waals surface area contributed by atoms with Gasteiger partial charge in [0.25, 0.3) is 11.5 Å². The third kappa shape index (κ3) is 6.49. The Balaban J connectivity index is 1.51. The van der Waals surface area contributed by atoms with Gasteiger partial charge in [-0.05, 0) is 49.2 Å². The normalized spacial score (nSPS) is 13.9. The quantitative estimate of drug-likeness (QED) is 0.143. The van der Waals surface area contributed by atoms with Crippen LogP contribution in [0.2, 0.25) is 0 Å². The van der Waals surface area contributed by atoms with Gasteiger partial charge in [-0.3, -0.25) is 19.7 Å². The van der Waals surface area contributed by atoms with Gasteiger partial charge in [0, 0.05) is 27.7 Å². The number of benzene rings is 3. The molecule has 0 spiro atoms. The molecule has 210 valence electrons. The van der Waals surface area contributed by atoms with Gasteiger partial charge >= 0.3 is 5.69 Å². The van der Waals surface area contributed by atoms with Gasteiger partial charge in [0.05, 0.1) is 22.0 Å². The van der Waals surface area contributed by atoms with Crippen molar-refractivity contribution in [3.63, 3.8) is 0 Å². The number of nitrogens with one attached hydrogen (secondary N) is 1. The second-order valence-corrected chi connectivity index (χ2v) is 10.5. The molecule has 12 heteroatoms. The molecule has 1 saturated carbocycles. The number of amides is 1. The summed E-state index contributed by atoms with van der Waals surface area (Å²) in [5, 5.41) is 19.2. The molecule has 10 nitrogen and oxygen atoms in total. The van der Waals surface area contributed by atoms with Gasteiger partial charge < -0.3 is 10.1 Å². The van der Waals surface area contributed by atoms with E-state index in [9.17, 15) is 24.1 Å². The van der Waals surface area contributed by atoms with Crippen LogP contribution < -0.4 is 15.6 Å². The molecule has 1 aromatic heterocycles. The van der Waals surface area contributed by atoms with E-state index in [4.69, 9.17) is 9.72 Å². The molecule has 0 radical (unpaired) electrons. The fourth-order valence-electron chi connectivity index (χ4n) is 4.89. The number of ether oxygens (including phenoxy) is 1. The van der Waals surface area contributed by atoms with Gasteiger partial charge in [0.2, 0.25) is 5.75 Å². The van der Waals surface area contributed by atoms with Crippen LogP contribution >= 0.6 is 15.9 Å². The summed E-state index contributed by atoms with van der Waals surface area (Å²) in [6.07, 6.45) is 6.19. The number of nitrogens with zero attached hydrogens (tertiary/aromatic N) is 4. The van der Waals surface area contributed by atoms with E-state index in [0.717, 1.165) is 38.2 Å². The van der Waals surface area contributed by atoms with Crippen molar-refractivity contribution in [3.8, 4) is 5.75 Å². The first-order chi connectivity index (χ1) is 19.8. The Morgan fingerprint density at radius 2 is 1.95 bits per heavy atom. The molecule has 0 saturated heterocycles. The molecule has 0 unspecified atom stereocenters. The molecule has 3 aromatic carbocycles. The number of aromatic nitrogens is 2. The highest BCUT2D eigenvalue weighted by Crippen LogP contribution is 2.35. The lowest BCUT2D eigenvalue weighted by molar-refractivity contribution is -0.385. The van der Waals surface area contributed by atoms with E-state index in [1.165, 1.54) is 41.2 Å². The number of hydrogen-bond donors (Lipinski definition) is 1. The fourth-order valence-corrected chi connectivity index (χ4v) is 5.35. The van der Waals surface area contributed by atoms with Crippen LogP contribution in [0.15, 0.2) is 75.0 Å². The molecule has 0 aliphatic heterocycles. The number of nitro groups is 1. The van der Waals surface area contributed by atoms with E-state index < -0.39 is 28.9 Å². The van der Waals surface area contributed by atoms with E-state index in [0.29, 0.717) is 21.2 Å².